The van der Waals surface area contributed by atoms with Crippen LogP contribution in [0.2, 0.25) is 0 Å². The zero-order chi connectivity index (χ0) is 20.5. The van der Waals surface area contributed by atoms with Crippen LogP contribution >= 0.6 is 0 Å². The van der Waals surface area contributed by atoms with E-state index in [9.17, 15) is 14.7 Å². The molecule has 0 atom stereocenters. The van der Waals surface area contributed by atoms with Gasteiger partial charge in [0.15, 0.2) is 5.78 Å². The van der Waals surface area contributed by atoms with Crippen molar-refractivity contribution in [3.05, 3.63) is 83.0 Å². The number of para-hydroxylation sites is 1. The number of aromatic hydroxyl groups is 1. The van der Waals surface area contributed by atoms with Crippen LogP contribution in [-0.2, 0) is 11.2 Å². The minimum absolute atomic E-state index is 0.0812. The van der Waals surface area contributed by atoms with E-state index in [2.05, 4.69) is 0 Å². The van der Waals surface area contributed by atoms with Crippen LogP contribution in [0.25, 0.3) is 16.4 Å². The molecule has 0 unspecified atom stereocenters. The number of pyridine rings is 1. The molecule has 0 spiro atoms. The van der Waals surface area contributed by atoms with Crippen molar-refractivity contribution in [3.63, 3.8) is 0 Å². The number of aromatic nitrogens is 1. The van der Waals surface area contributed by atoms with Crippen LogP contribution in [0.4, 0.5) is 0 Å². The van der Waals surface area contributed by atoms with Crippen molar-refractivity contribution >= 4 is 28.2 Å². The highest BCUT2D eigenvalue weighted by molar-refractivity contribution is 6.13. The van der Waals surface area contributed by atoms with Gasteiger partial charge in [-0.05, 0) is 49.2 Å². The molecular weight excluding hydrogens is 366 g/mol. The molecule has 0 aliphatic carbocycles. The summed E-state index contributed by atoms with van der Waals surface area (Å²) in [7, 11) is 0. The molecule has 146 valence electrons. The molecule has 4 rings (SSSR count). The molecule has 2 aromatic heterocycles. The largest absolute Gasteiger partial charge is 0.507 e. The summed E-state index contributed by atoms with van der Waals surface area (Å²) < 4.78 is 7.05. The number of fused-ring (bicyclic) bond motifs is 3. The Morgan fingerprint density at radius 2 is 1.76 bits per heavy atom. The van der Waals surface area contributed by atoms with Crippen LogP contribution in [-0.4, -0.2) is 27.9 Å². The molecular formula is C24H21NO4. The molecule has 5 nitrogen and oxygen atoms in total. The first-order chi connectivity index (χ1) is 14.0. The molecule has 0 amide bonds. The van der Waals surface area contributed by atoms with Crippen molar-refractivity contribution in [1.29, 1.82) is 0 Å². The van der Waals surface area contributed by atoms with Crippen molar-refractivity contribution < 1.29 is 19.4 Å². The molecule has 0 bridgehead atoms. The monoisotopic (exact) mass is 387 g/mol. The molecule has 29 heavy (non-hydrogen) atoms. The molecule has 2 heterocycles. The number of phenolic OH excluding ortho intramolecular Hbond substituents is 1. The van der Waals surface area contributed by atoms with E-state index < -0.39 is 5.97 Å². The van der Waals surface area contributed by atoms with E-state index in [1.807, 2.05) is 41.7 Å². The van der Waals surface area contributed by atoms with Gasteiger partial charge in [-0.1, -0.05) is 31.2 Å². The van der Waals surface area contributed by atoms with Crippen molar-refractivity contribution in [1.82, 2.24) is 4.40 Å². The summed E-state index contributed by atoms with van der Waals surface area (Å²) in [6.45, 7) is 3.97. The Hall–Kier alpha value is -3.60. The second kappa shape index (κ2) is 7.43. The highest BCUT2D eigenvalue weighted by Gasteiger charge is 2.21. The van der Waals surface area contributed by atoms with Crippen LogP contribution in [0.5, 0.6) is 5.75 Å². The lowest BCUT2D eigenvalue weighted by Gasteiger charge is -2.10. The van der Waals surface area contributed by atoms with Gasteiger partial charge in [-0.2, -0.15) is 0 Å². The number of rotatable bonds is 5. The SMILES string of the molecule is CCOC(=O)c1cc(C(=O)c2cc(CC)ccc2O)cn2c1cc1ccccc12. The Kier molecular flexibility index (Phi) is 4.80. The smallest absolute Gasteiger partial charge is 0.340 e. The van der Waals surface area contributed by atoms with Gasteiger partial charge in [-0.15, -0.1) is 0 Å². The van der Waals surface area contributed by atoms with Crippen LogP contribution in [0, 0.1) is 0 Å². The molecule has 0 aliphatic rings. The van der Waals surface area contributed by atoms with Gasteiger partial charge in [0.05, 0.1) is 28.8 Å². The minimum Gasteiger partial charge on any atom is -0.507 e. The molecule has 0 fully saturated rings. The van der Waals surface area contributed by atoms with Crippen LogP contribution in [0.1, 0.15) is 45.7 Å². The van der Waals surface area contributed by atoms with Crippen LogP contribution < -0.4 is 0 Å². The fraction of sp³-hybridized carbons (Fsp3) is 0.167. The summed E-state index contributed by atoms with van der Waals surface area (Å²) in [6, 6.07) is 16.2. The molecule has 4 aromatic rings. The maximum atomic E-state index is 13.2. The minimum atomic E-state index is -0.485. The normalized spacial score (nSPS) is 11.1. The second-order valence-corrected chi connectivity index (χ2v) is 6.86. The summed E-state index contributed by atoms with van der Waals surface area (Å²) in [4.78, 5) is 25.9. The molecule has 0 saturated carbocycles. The number of phenols is 1. The first-order valence-electron chi connectivity index (χ1n) is 9.61. The summed E-state index contributed by atoms with van der Waals surface area (Å²) in [6.07, 6.45) is 2.46. The topological polar surface area (TPSA) is 68.0 Å². The van der Waals surface area contributed by atoms with Gasteiger partial charge in [-0.25, -0.2) is 4.79 Å². The summed E-state index contributed by atoms with van der Waals surface area (Å²) >= 11 is 0. The molecule has 0 aliphatic heterocycles. The average molecular weight is 387 g/mol. The Labute approximate surface area is 168 Å². The van der Waals surface area contributed by atoms with Crippen molar-refractivity contribution in [3.8, 4) is 5.75 Å². The molecule has 5 heteroatoms. The van der Waals surface area contributed by atoms with E-state index in [-0.39, 0.29) is 23.7 Å². The summed E-state index contributed by atoms with van der Waals surface area (Å²) in [5.74, 6) is -0.910. The number of ether oxygens (including phenoxy) is 1. The maximum Gasteiger partial charge on any atom is 0.340 e. The van der Waals surface area contributed by atoms with E-state index in [1.54, 1.807) is 31.3 Å². The first kappa shape index (κ1) is 18.7. The Balaban J connectivity index is 1.96. The number of aryl methyl sites for hydroxylation is 1. The highest BCUT2D eigenvalue weighted by Crippen LogP contribution is 2.28. The van der Waals surface area contributed by atoms with Gasteiger partial charge in [-0.3, -0.25) is 4.79 Å². The zero-order valence-electron chi connectivity index (χ0n) is 16.3. The number of carbonyl (C=O) groups excluding carboxylic acids is 2. The van der Waals surface area contributed by atoms with Gasteiger partial charge in [0.25, 0.3) is 0 Å². The highest BCUT2D eigenvalue weighted by atomic mass is 16.5. The van der Waals surface area contributed by atoms with E-state index in [1.165, 1.54) is 6.07 Å². The van der Waals surface area contributed by atoms with E-state index in [0.29, 0.717) is 16.6 Å². The number of nitrogens with zero attached hydrogens (tertiary/aromatic N) is 1. The quantitative estimate of drug-likeness (QED) is 0.396. The van der Waals surface area contributed by atoms with Crippen molar-refractivity contribution in [2.24, 2.45) is 0 Å². The Morgan fingerprint density at radius 3 is 2.52 bits per heavy atom. The van der Waals surface area contributed by atoms with Gasteiger partial charge < -0.3 is 14.2 Å². The third-order valence-electron chi connectivity index (χ3n) is 5.06. The lowest BCUT2D eigenvalue weighted by atomic mass is 9.99. The third kappa shape index (κ3) is 3.25. The molecule has 2 aromatic carbocycles. The lowest BCUT2D eigenvalue weighted by molar-refractivity contribution is 0.0528. The van der Waals surface area contributed by atoms with E-state index >= 15 is 0 Å². The molecule has 1 N–H and O–H groups in total. The number of carbonyl (C=O) groups is 2. The van der Waals surface area contributed by atoms with Gasteiger partial charge in [0, 0.05) is 17.1 Å². The number of esters is 1. The van der Waals surface area contributed by atoms with Crippen molar-refractivity contribution in [2.75, 3.05) is 6.61 Å². The van der Waals surface area contributed by atoms with Crippen molar-refractivity contribution in [2.45, 2.75) is 20.3 Å². The zero-order valence-corrected chi connectivity index (χ0v) is 16.3. The maximum absolute atomic E-state index is 13.2. The standard InChI is InChI=1S/C24H21NO4/c1-3-15-9-10-22(26)19(11-15)23(27)17-12-18(24(28)29-4-2)21-13-16-7-5-6-8-20(16)25(21)14-17/h5-14,26H,3-4H2,1-2H3. The Morgan fingerprint density at radius 1 is 0.966 bits per heavy atom. The van der Waals surface area contributed by atoms with E-state index in [4.69, 9.17) is 4.74 Å². The summed E-state index contributed by atoms with van der Waals surface area (Å²) in [5.41, 5.74) is 3.35. The summed E-state index contributed by atoms with van der Waals surface area (Å²) in [5, 5.41) is 11.2. The fourth-order valence-corrected chi connectivity index (χ4v) is 3.56. The molecule has 0 saturated heterocycles. The lowest BCUT2D eigenvalue weighted by Crippen LogP contribution is -2.11. The predicted octanol–water partition coefficient (Wildman–Crippen LogP) is 4.77. The number of hydrogen-bond donors (Lipinski definition) is 1. The number of ketones is 1. The van der Waals surface area contributed by atoms with Gasteiger partial charge >= 0.3 is 5.97 Å². The van der Waals surface area contributed by atoms with Crippen LogP contribution in [0.3, 0.4) is 0 Å². The average Bonchev–Trinajstić information content (AvgIpc) is 3.11. The van der Waals surface area contributed by atoms with Gasteiger partial charge in [0.1, 0.15) is 5.75 Å². The van der Waals surface area contributed by atoms with E-state index in [0.717, 1.165) is 22.9 Å². The molecule has 0 radical (unpaired) electrons. The second-order valence-electron chi connectivity index (χ2n) is 6.86. The Bertz CT molecular complexity index is 1250. The third-order valence-corrected chi connectivity index (χ3v) is 5.06. The fourth-order valence-electron chi connectivity index (χ4n) is 3.56. The van der Waals surface area contributed by atoms with Gasteiger partial charge in [0.2, 0.25) is 0 Å². The predicted molar refractivity (Wildman–Crippen MR) is 112 cm³/mol. The number of benzene rings is 2. The van der Waals surface area contributed by atoms with Crippen LogP contribution in [0.15, 0.2) is 60.8 Å². The first-order valence-corrected chi connectivity index (χ1v) is 9.61. The number of hydrogen-bond acceptors (Lipinski definition) is 4.